The van der Waals surface area contributed by atoms with Gasteiger partial charge in [-0.2, -0.15) is 0 Å². The van der Waals surface area contributed by atoms with Crippen molar-refractivity contribution in [3.63, 3.8) is 0 Å². The monoisotopic (exact) mass is 474 g/mol. The largest absolute Gasteiger partial charge is 0.0888 e. The van der Waals surface area contributed by atoms with Crippen molar-refractivity contribution in [2.75, 3.05) is 0 Å². The number of benzene rings is 3. The maximum Gasteiger partial charge on any atom is 0.0221 e. The molecule has 0 heterocycles. The zero-order valence-corrected chi connectivity index (χ0v) is 21.3. The fourth-order valence-corrected chi connectivity index (χ4v) is 6.42. The molecule has 1 heteroatoms. The van der Waals surface area contributed by atoms with Crippen LogP contribution in [0.2, 0.25) is 0 Å². The lowest BCUT2D eigenvalue weighted by atomic mass is 9.76. The molecule has 3 aromatic rings. The standard InChI is InChI=1S/C34H31Cl/c1-22-15-16-24(20-33(22)27-10-4-3-9-26(35)19-23(27)2)25-17-18-32-30-13-6-5-11-28(30)29-12-7-8-14-31(29)34(32)21-25/h3-8,11-15,19-21,24H,9-10,16-18H2,1-2H3/b4-3-,26-19+,27-23+. The van der Waals surface area contributed by atoms with Gasteiger partial charge in [-0.1, -0.05) is 96.1 Å². The second-order valence-electron chi connectivity index (χ2n) is 10.1. The van der Waals surface area contributed by atoms with E-state index < -0.39 is 0 Å². The van der Waals surface area contributed by atoms with Crippen LogP contribution < -0.4 is 0 Å². The van der Waals surface area contributed by atoms with E-state index in [2.05, 4.69) is 98.8 Å². The third-order valence-corrected chi connectivity index (χ3v) is 8.26. The van der Waals surface area contributed by atoms with Gasteiger partial charge in [0.25, 0.3) is 0 Å². The van der Waals surface area contributed by atoms with E-state index in [0.717, 1.165) is 37.1 Å². The summed E-state index contributed by atoms with van der Waals surface area (Å²) in [6.45, 7) is 4.47. The molecule has 6 rings (SSSR count). The zero-order chi connectivity index (χ0) is 23.9. The third kappa shape index (κ3) is 4.05. The fourth-order valence-electron chi connectivity index (χ4n) is 6.17. The van der Waals surface area contributed by atoms with Gasteiger partial charge < -0.3 is 0 Å². The molecule has 3 aliphatic carbocycles. The van der Waals surface area contributed by atoms with Crippen molar-refractivity contribution in [3.05, 3.63) is 123 Å². The quantitative estimate of drug-likeness (QED) is 0.256. The number of halogens is 1. The first kappa shape index (κ1) is 22.4. The minimum atomic E-state index is 0.446. The van der Waals surface area contributed by atoms with Crippen LogP contribution in [0.15, 0.2) is 112 Å². The number of aryl methyl sites for hydroxylation is 1. The molecular weight excluding hydrogens is 444 g/mol. The van der Waals surface area contributed by atoms with Gasteiger partial charge in [-0.05, 0) is 101 Å². The summed E-state index contributed by atoms with van der Waals surface area (Å²) in [5.74, 6) is 0.446. The Kier molecular flexibility index (Phi) is 5.86. The lowest BCUT2D eigenvalue weighted by molar-refractivity contribution is 0.702. The molecule has 0 saturated carbocycles. The molecule has 0 amide bonds. The summed E-state index contributed by atoms with van der Waals surface area (Å²) in [4.78, 5) is 0. The Labute approximate surface area is 213 Å². The lowest BCUT2D eigenvalue weighted by Gasteiger charge is -2.28. The van der Waals surface area contributed by atoms with Gasteiger partial charge in [0.2, 0.25) is 0 Å². The van der Waals surface area contributed by atoms with Gasteiger partial charge in [-0.15, -0.1) is 0 Å². The van der Waals surface area contributed by atoms with Crippen LogP contribution in [0, 0.1) is 5.92 Å². The predicted molar refractivity (Wildman–Crippen MR) is 153 cm³/mol. The summed E-state index contributed by atoms with van der Waals surface area (Å²) >= 11 is 6.45. The number of hydrogen-bond acceptors (Lipinski definition) is 0. The average Bonchev–Trinajstić information content (AvgIpc) is 2.88. The predicted octanol–water partition coefficient (Wildman–Crippen LogP) is 10.0. The maximum absolute atomic E-state index is 6.45. The molecule has 0 spiro atoms. The molecule has 0 aliphatic heterocycles. The molecule has 0 aromatic heterocycles. The SMILES string of the molecule is CC1=CCC(C2=Cc3c(c4ccccc4c4ccccc34)CC2)C=C1/C1=C(C)/C=C(/Cl)C/C=C\C1. The Morgan fingerprint density at radius 1 is 0.771 bits per heavy atom. The van der Waals surface area contributed by atoms with Crippen molar-refractivity contribution in [3.8, 4) is 0 Å². The van der Waals surface area contributed by atoms with Gasteiger partial charge in [-0.3, -0.25) is 0 Å². The molecule has 35 heavy (non-hydrogen) atoms. The highest BCUT2D eigenvalue weighted by Gasteiger charge is 2.24. The second-order valence-corrected chi connectivity index (χ2v) is 10.6. The first-order chi connectivity index (χ1) is 17.1. The average molecular weight is 475 g/mol. The molecule has 0 radical (unpaired) electrons. The van der Waals surface area contributed by atoms with Gasteiger partial charge in [0.05, 0.1) is 0 Å². The summed E-state index contributed by atoms with van der Waals surface area (Å²) in [5, 5.41) is 6.45. The number of hydrogen-bond donors (Lipinski definition) is 0. The summed E-state index contributed by atoms with van der Waals surface area (Å²) in [5.41, 5.74) is 10.0. The van der Waals surface area contributed by atoms with Gasteiger partial charge >= 0.3 is 0 Å². The lowest BCUT2D eigenvalue weighted by Crippen LogP contribution is -2.12. The van der Waals surface area contributed by atoms with Crippen LogP contribution in [0.5, 0.6) is 0 Å². The zero-order valence-electron chi connectivity index (χ0n) is 20.6. The van der Waals surface area contributed by atoms with Crippen LogP contribution in [0.3, 0.4) is 0 Å². The molecule has 1 unspecified atom stereocenters. The molecular formula is C34H31Cl. The summed E-state index contributed by atoms with van der Waals surface area (Å²) in [6, 6.07) is 17.9. The van der Waals surface area contributed by atoms with E-state index in [9.17, 15) is 0 Å². The van der Waals surface area contributed by atoms with Crippen molar-refractivity contribution >= 4 is 39.2 Å². The van der Waals surface area contributed by atoms with Crippen molar-refractivity contribution in [1.29, 1.82) is 0 Å². The second kappa shape index (κ2) is 9.17. The molecule has 3 aromatic carbocycles. The normalized spacial score (nSPS) is 25.1. The Hall–Kier alpha value is -3.09. The first-order valence-corrected chi connectivity index (χ1v) is 13.2. The van der Waals surface area contributed by atoms with E-state index in [4.69, 9.17) is 11.6 Å². The van der Waals surface area contributed by atoms with E-state index in [1.54, 1.807) is 5.57 Å². The van der Waals surface area contributed by atoms with E-state index in [0.29, 0.717) is 5.92 Å². The van der Waals surface area contributed by atoms with Crippen molar-refractivity contribution < 1.29 is 0 Å². The van der Waals surface area contributed by atoms with E-state index in [1.807, 2.05) is 0 Å². The van der Waals surface area contributed by atoms with Gasteiger partial charge in [0.1, 0.15) is 0 Å². The van der Waals surface area contributed by atoms with Crippen LogP contribution in [0.25, 0.3) is 27.6 Å². The topological polar surface area (TPSA) is 0 Å². The number of fused-ring (bicyclic) bond motifs is 6. The molecule has 0 bridgehead atoms. The van der Waals surface area contributed by atoms with E-state index >= 15 is 0 Å². The fraction of sp³-hybridized carbons (Fsp3) is 0.235. The third-order valence-electron chi connectivity index (χ3n) is 8.00. The highest BCUT2D eigenvalue weighted by molar-refractivity contribution is 6.29. The molecule has 0 saturated heterocycles. The van der Waals surface area contributed by atoms with Gasteiger partial charge in [-0.25, -0.2) is 0 Å². The first-order valence-electron chi connectivity index (χ1n) is 12.8. The van der Waals surface area contributed by atoms with Crippen molar-refractivity contribution in [2.24, 2.45) is 5.92 Å². The summed E-state index contributed by atoms with van der Waals surface area (Å²) < 4.78 is 0. The number of allylic oxidation sites excluding steroid dienone is 11. The molecule has 3 aliphatic rings. The van der Waals surface area contributed by atoms with Crippen LogP contribution in [-0.2, 0) is 6.42 Å². The highest BCUT2D eigenvalue weighted by atomic mass is 35.5. The molecule has 1 atom stereocenters. The smallest absolute Gasteiger partial charge is 0.0221 e. The van der Waals surface area contributed by atoms with Gasteiger partial charge in [0.15, 0.2) is 0 Å². The molecule has 0 nitrogen and oxygen atoms in total. The van der Waals surface area contributed by atoms with Crippen LogP contribution in [0.4, 0.5) is 0 Å². The van der Waals surface area contributed by atoms with Gasteiger partial charge in [0, 0.05) is 17.4 Å². The summed E-state index contributed by atoms with van der Waals surface area (Å²) in [6.07, 6.45) is 19.3. The van der Waals surface area contributed by atoms with Crippen LogP contribution in [-0.4, -0.2) is 0 Å². The molecule has 0 fully saturated rings. The summed E-state index contributed by atoms with van der Waals surface area (Å²) in [7, 11) is 0. The minimum Gasteiger partial charge on any atom is -0.0888 e. The Morgan fingerprint density at radius 2 is 1.46 bits per heavy atom. The van der Waals surface area contributed by atoms with Crippen LogP contribution >= 0.6 is 11.6 Å². The van der Waals surface area contributed by atoms with Crippen molar-refractivity contribution in [2.45, 2.75) is 46.0 Å². The molecule has 174 valence electrons. The molecule has 0 N–H and O–H groups in total. The van der Waals surface area contributed by atoms with E-state index in [-0.39, 0.29) is 0 Å². The number of rotatable bonds is 2. The maximum atomic E-state index is 6.45. The highest BCUT2D eigenvalue weighted by Crippen LogP contribution is 2.42. The van der Waals surface area contributed by atoms with E-state index in [1.165, 1.54) is 55.0 Å². The Morgan fingerprint density at radius 3 is 2.26 bits per heavy atom. The van der Waals surface area contributed by atoms with Crippen LogP contribution in [0.1, 0.15) is 50.7 Å². The Balaban J connectivity index is 1.47. The minimum absolute atomic E-state index is 0.446. The van der Waals surface area contributed by atoms with Crippen molar-refractivity contribution in [1.82, 2.24) is 0 Å². The Bertz CT molecular complexity index is 1530.